The number of benzene rings is 1. The quantitative estimate of drug-likeness (QED) is 0.491. The summed E-state index contributed by atoms with van der Waals surface area (Å²) in [6.07, 6.45) is 1.13. The number of hydrazine groups is 1. The number of rotatable bonds is 5. The molecule has 0 atom stereocenters. The molecule has 1 heterocycles. The van der Waals surface area contributed by atoms with Gasteiger partial charge >= 0.3 is 0 Å². The van der Waals surface area contributed by atoms with E-state index in [2.05, 4.69) is 5.43 Å². The lowest BCUT2D eigenvalue weighted by Crippen LogP contribution is -2.30. The van der Waals surface area contributed by atoms with E-state index < -0.39 is 9.84 Å². The van der Waals surface area contributed by atoms with E-state index in [4.69, 9.17) is 10.6 Å². The molecule has 0 aliphatic heterocycles. The zero-order valence-electron chi connectivity index (χ0n) is 11.2. The largest absolute Gasteiger partial charge is 0.489 e. The van der Waals surface area contributed by atoms with Gasteiger partial charge in [-0.1, -0.05) is 6.07 Å². The normalized spacial score (nSPS) is 11.1. The van der Waals surface area contributed by atoms with E-state index in [0.29, 0.717) is 16.2 Å². The third kappa shape index (κ3) is 3.81. The van der Waals surface area contributed by atoms with Crippen LogP contribution < -0.4 is 16.0 Å². The van der Waals surface area contributed by atoms with Crippen LogP contribution in [0.2, 0.25) is 0 Å². The number of nitrogens with two attached hydrogens (primary N) is 1. The van der Waals surface area contributed by atoms with Crippen molar-refractivity contribution >= 4 is 27.1 Å². The molecular formula is C13H14N2O4S2. The highest BCUT2D eigenvalue weighted by molar-refractivity contribution is 7.90. The van der Waals surface area contributed by atoms with Crippen molar-refractivity contribution in [2.24, 2.45) is 5.84 Å². The molecule has 21 heavy (non-hydrogen) atoms. The summed E-state index contributed by atoms with van der Waals surface area (Å²) in [6.45, 7) is 0.152. The number of thiophene rings is 1. The summed E-state index contributed by atoms with van der Waals surface area (Å²) >= 11 is 1.26. The number of hydrogen-bond acceptors (Lipinski definition) is 6. The fraction of sp³-hybridized carbons (Fsp3) is 0.154. The van der Waals surface area contributed by atoms with Gasteiger partial charge in [-0.3, -0.25) is 10.2 Å². The zero-order valence-corrected chi connectivity index (χ0v) is 12.8. The molecule has 0 saturated carbocycles. The SMILES string of the molecule is CS(=O)(=O)c1cccc(OCc2ccsc2C(=O)NN)c1. The van der Waals surface area contributed by atoms with Crippen molar-refractivity contribution in [3.05, 3.63) is 46.2 Å². The number of nitrogens with one attached hydrogen (secondary N) is 1. The number of ether oxygens (including phenoxy) is 1. The molecule has 0 saturated heterocycles. The summed E-state index contributed by atoms with van der Waals surface area (Å²) in [7, 11) is -3.28. The molecule has 0 unspecified atom stereocenters. The van der Waals surface area contributed by atoms with E-state index in [0.717, 1.165) is 6.26 Å². The molecule has 8 heteroatoms. The average Bonchev–Trinajstić information content (AvgIpc) is 2.92. The maximum Gasteiger partial charge on any atom is 0.275 e. The molecule has 2 rings (SSSR count). The van der Waals surface area contributed by atoms with Crippen LogP contribution in [-0.2, 0) is 16.4 Å². The minimum Gasteiger partial charge on any atom is -0.489 e. The molecule has 1 aromatic carbocycles. The molecule has 0 aliphatic rings. The molecular weight excluding hydrogens is 312 g/mol. The van der Waals surface area contributed by atoms with Gasteiger partial charge in [-0.05, 0) is 29.6 Å². The van der Waals surface area contributed by atoms with Gasteiger partial charge < -0.3 is 4.74 Å². The summed E-state index contributed by atoms with van der Waals surface area (Å²) in [5.41, 5.74) is 2.76. The Balaban J connectivity index is 2.14. The predicted octanol–water partition coefficient (Wildman–Crippen LogP) is 1.33. The van der Waals surface area contributed by atoms with Crippen LogP contribution in [-0.4, -0.2) is 20.6 Å². The van der Waals surface area contributed by atoms with E-state index >= 15 is 0 Å². The Morgan fingerprint density at radius 3 is 2.81 bits per heavy atom. The summed E-state index contributed by atoms with van der Waals surface area (Å²) in [5, 5.41) is 1.76. The van der Waals surface area contributed by atoms with Crippen molar-refractivity contribution < 1.29 is 17.9 Å². The molecule has 0 bridgehead atoms. The topological polar surface area (TPSA) is 98.5 Å². The van der Waals surface area contributed by atoms with Gasteiger partial charge in [0.25, 0.3) is 5.91 Å². The minimum atomic E-state index is -3.28. The van der Waals surface area contributed by atoms with Crippen molar-refractivity contribution in [3.63, 3.8) is 0 Å². The highest BCUT2D eigenvalue weighted by Crippen LogP contribution is 2.21. The lowest BCUT2D eigenvalue weighted by Gasteiger charge is -2.08. The lowest BCUT2D eigenvalue weighted by atomic mass is 10.2. The van der Waals surface area contributed by atoms with Gasteiger partial charge in [0.2, 0.25) is 0 Å². The Morgan fingerprint density at radius 1 is 1.38 bits per heavy atom. The van der Waals surface area contributed by atoms with Crippen LogP contribution in [0, 0.1) is 0 Å². The van der Waals surface area contributed by atoms with Gasteiger partial charge in [0.15, 0.2) is 9.84 Å². The van der Waals surface area contributed by atoms with E-state index in [1.165, 1.54) is 23.5 Å². The average molecular weight is 326 g/mol. The third-order valence-electron chi connectivity index (χ3n) is 2.71. The molecule has 0 radical (unpaired) electrons. The molecule has 0 fully saturated rings. The first kappa shape index (κ1) is 15.5. The van der Waals surface area contributed by atoms with Crippen LogP contribution in [0.15, 0.2) is 40.6 Å². The number of carbonyl (C=O) groups is 1. The summed E-state index contributed by atoms with van der Waals surface area (Å²) < 4.78 is 28.5. The highest BCUT2D eigenvalue weighted by atomic mass is 32.2. The van der Waals surface area contributed by atoms with Crippen LogP contribution in [0.5, 0.6) is 5.75 Å². The Labute approximate surface area is 126 Å². The molecule has 0 spiro atoms. The van der Waals surface area contributed by atoms with Crippen LogP contribution >= 0.6 is 11.3 Å². The van der Waals surface area contributed by atoms with Crippen molar-refractivity contribution in [1.29, 1.82) is 0 Å². The Hall–Kier alpha value is -1.90. The number of carbonyl (C=O) groups excluding carboxylic acids is 1. The molecule has 3 N–H and O–H groups in total. The van der Waals surface area contributed by atoms with E-state index in [-0.39, 0.29) is 17.4 Å². The highest BCUT2D eigenvalue weighted by Gasteiger charge is 2.13. The number of sulfone groups is 1. The van der Waals surface area contributed by atoms with E-state index in [1.807, 2.05) is 0 Å². The second-order valence-electron chi connectivity index (χ2n) is 4.28. The first-order chi connectivity index (χ1) is 9.91. The van der Waals surface area contributed by atoms with Gasteiger partial charge in [-0.25, -0.2) is 14.3 Å². The standard InChI is InChI=1S/C13H14N2O4S2/c1-21(17,18)11-4-2-3-10(7-11)19-8-9-5-6-20-12(9)13(16)15-14/h2-7H,8,14H2,1H3,(H,15,16). The van der Waals surface area contributed by atoms with Crippen LogP contribution in [0.1, 0.15) is 15.2 Å². The van der Waals surface area contributed by atoms with Gasteiger partial charge in [0, 0.05) is 11.8 Å². The molecule has 1 aromatic heterocycles. The van der Waals surface area contributed by atoms with Crippen LogP contribution in [0.3, 0.4) is 0 Å². The van der Waals surface area contributed by atoms with E-state index in [1.54, 1.807) is 23.6 Å². The van der Waals surface area contributed by atoms with Gasteiger partial charge in [0.05, 0.1) is 9.77 Å². The number of hydrogen-bond donors (Lipinski definition) is 2. The first-order valence-corrected chi connectivity index (χ1v) is 8.69. The fourth-order valence-corrected chi connectivity index (χ4v) is 3.14. The summed E-state index contributed by atoms with van der Waals surface area (Å²) in [4.78, 5) is 12.2. The van der Waals surface area contributed by atoms with Crippen molar-refractivity contribution in [3.8, 4) is 5.75 Å². The molecule has 112 valence electrons. The second-order valence-corrected chi connectivity index (χ2v) is 7.22. The van der Waals surface area contributed by atoms with Gasteiger partial charge in [0.1, 0.15) is 12.4 Å². The second kappa shape index (κ2) is 6.25. The minimum absolute atomic E-state index is 0.152. The van der Waals surface area contributed by atoms with Gasteiger partial charge in [-0.2, -0.15) is 0 Å². The molecule has 0 aliphatic carbocycles. The Morgan fingerprint density at radius 2 is 2.14 bits per heavy atom. The van der Waals surface area contributed by atoms with Gasteiger partial charge in [-0.15, -0.1) is 11.3 Å². The molecule has 1 amide bonds. The molecule has 6 nitrogen and oxygen atoms in total. The zero-order chi connectivity index (χ0) is 15.5. The van der Waals surface area contributed by atoms with Crippen LogP contribution in [0.4, 0.5) is 0 Å². The fourth-order valence-electron chi connectivity index (χ4n) is 1.67. The van der Waals surface area contributed by atoms with Crippen molar-refractivity contribution in [1.82, 2.24) is 5.43 Å². The summed E-state index contributed by atoms with van der Waals surface area (Å²) in [5.74, 6) is 5.15. The van der Waals surface area contributed by atoms with Crippen LogP contribution in [0.25, 0.3) is 0 Å². The Bertz CT molecular complexity index is 753. The Kier molecular flexibility index (Phi) is 4.61. The smallest absolute Gasteiger partial charge is 0.275 e. The van der Waals surface area contributed by atoms with E-state index in [9.17, 15) is 13.2 Å². The predicted molar refractivity (Wildman–Crippen MR) is 79.9 cm³/mol. The van der Waals surface area contributed by atoms with Crippen molar-refractivity contribution in [2.45, 2.75) is 11.5 Å². The molecule has 2 aromatic rings. The number of amides is 1. The maximum absolute atomic E-state index is 11.5. The first-order valence-electron chi connectivity index (χ1n) is 5.92. The maximum atomic E-state index is 11.5. The number of nitrogen functional groups attached to an aromatic ring is 1. The summed E-state index contributed by atoms with van der Waals surface area (Å²) in [6, 6.07) is 7.97. The van der Waals surface area contributed by atoms with Crippen molar-refractivity contribution in [2.75, 3.05) is 6.26 Å². The monoisotopic (exact) mass is 326 g/mol. The third-order valence-corrected chi connectivity index (χ3v) is 4.78. The lowest BCUT2D eigenvalue weighted by molar-refractivity contribution is 0.0955.